The van der Waals surface area contributed by atoms with E-state index in [9.17, 15) is 9.18 Å². The average Bonchev–Trinajstić information content (AvgIpc) is 2.79. The van der Waals surface area contributed by atoms with Gasteiger partial charge in [-0.25, -0.2) is 4.39 Å². The molecule has 0 radical (unpaired) electrons. The quantitative estimate of drug-likeness (QED) is 0.851. The Morgan fingerprint density at radius 2 is 2.44 bits per heavy atom. The van der Waals surface area contributed by atoms with Crippen molar-refractivity contribution >= 4 is 11.6 Å². The van der Waals surface area contributed by atoms with Gasteiger partial charge in [0.15, 0.2) is 0 Å². The lowest BCUT2D eigenvalue weighted by Crippen LogP contribution is -2.41. The lowest BCUT2D eigenvalue weighted by molar-refractivity contribution is -0.127. The van der Waals surface area contributed by atoms with E-state index in [1.54, 1.807) is 19.2 Å². The molecule has 1 aliphatic rings. The topological polar surface area (TPSA) is 50.4 Å². The number of anilines is 1. The third-order valence-corrected chi connectivity index (χ3v) is 3.23. The molecule has 4 nitrogen and oxygen atoms in total. The molecule has 18 heavy (non-hydrogen) atoms. The minimum Gasteiger partial charge on any atom is -0.384 e. The maximum atomic E-state index is 13.0. The highest BCUT2D eigenvalue weighted by Gasteiger charge is 2.41. The molecule has 1 amide bonds. The van der Waals surface area contributed by atoms with Crippen molar-refractivity contribution in [3.05, 3.63) is 30.1 Å². The number of rotatable bonds is 4. The molecule has 1 unspecified atom stereocenters. The molecule has 98 valence electrons. The maximum absolute atomic E-state index is 13.0. The van der Waals surface area contributed by atoms with Gasteiger partial charge in [-0.2, -0.15) is 0 Å². The number of carbonyl (C=O) groups excluding carboxylic acids is 1. The Kier molecular flexibility index (Phi) is 3.93. The van der Waals surface area contributed by atoms with Gasteiger partial charge in [-0.05, 0) is 31.2 Å². The van der Waals surface area contributed by atoms with Gasteiger partial charge in [-0.1, -0.05) is 6.07 Å². The summed E-state index contributed by atoms with van der Waals surface area (Å²) in [4.78, 5) is 12.3. The minimum atomic E-state index is -0.554. The smallest absolute Gasteiger partial charge is 0.234 e. The highest BCUT2D eigenvalue weighted by Crippen LogP contribution is 2.27. The second-order valence-electron chi connectivity index (χ2n) is 4.60. The van der Waals surface area contributed by atoms with E-state index in [4.69, 9.17) is 4.74 Å². The molecule has 1 aromatic carbocycles. The monoisotopic (exact) mass is 252 g/mol. The van der Waals surface area contributed by atoms with Crippen LogP contribution in [0, 0.1) is 11.2 Å². The van der Waals surface area contributed by atoms with Crippen LogP contribution in [0.1, 0.15) is 6.42 Å². The Morgan fingerprint density at radius 1 is 1.61 bits per heavy atom. The van der Waals surface area contributed by atoms with E-state index in [2.05, 4.69) is 10.6 Å². The molecular weight excluding hydrogens is 235 g/mol. The van der Waals surface area contributed by atoms with Gasteiger partial charge in [0, 0.05) is 19.3 Å². The first-order valence-electron chi connectivity index (χ1n) is 5.93. The van der Waals surface area contributed by atoms with E-state index in [0.717, 1.165) is 13.0 Å². The van der Waals surface area contributed by atoms with Crippen LogP contribution in [0.4, 0.5) is 10.1 Å². The minimum absolute atomic E-state index is 0.125. The Balaban J connectivity index is 2.10. The van der Waals surface area contributed by atoms with Crippen molar-refractivity contribution in [1.29, 1.82) is 0 Å². The zero-order valence-corrected chi connectivity index (χ0v) is 10.3. The summed E-state index contributed by atoms with van der Waals surface area (Å²) in [6.07, 6.45) is 0.724. The van der Waals surface area contributed by atoms with E-state index < -0.39 is 5.41 Å². The summed E-state index contributed by atoms with van der Waals surface area (Å²) in [5, 5.41) is 5.91. The molecule has 0 aliphatic carbocycles. The molecule has 1 aliphatic heterocycles. The van der Waals surface area contributed by atoms with Crippen LogP contribution in [0.2, 0.25) is 0 Å². The van der Waals surface area contributed by atoms with Gasteiger partial charge < -0.3 is 15.4 Å². The van der Waals surface area contributed by atoms with Crippen LogP contribution in [0.5, 0.6) is 0 Å². The fourth-order valence-electron chi connectivity index (χ4n) is 2.23. The van der Waals surface area contributed by atoms with Crippen molar-refractivity contribution in [3.63, 3.8) is 0 Å². The van der Waals surface area contributed by atoms with Crippen molar-refractivity contribution in [3.8, 4) is 0 Å². The van der Waals surface area contributed by atoms with Crippen LogP contribution in [0.3, 0.4) is 0 Å². The molecule has 0 bridgehead atoms. The number of hydrogen-bond acceptors (Lipinski definition) is 3. The number of amides is 1. The lowest BCUT2D eigenvalue weighted by Gasteiger charge is -2.25. The zero-order chi connectivity index (χ0) is 13.0. The second-order valence-corrected chi connectivity index (χ2v) is 4.60. The zero-order valence-electron chi connectivity index (χ0n) is 10.3. The van der Waals surface area contributed by atoms with Crippen LogP contribution in [-0.2, 0) is 9.53 Å². The number of halogens is 1. The third-order valence-electron chi connectivity index (χ3n) is 3.23. The number of ether oxygens (including phenoxy) is 1. The summed E-state index contributed by atoms with van der Waals surface area (Å²) in [6, 6.07) is 5.89. The Labute approximate surface area is 106 Å². The molecule has 1 heterocycles. The van der Waals surface area contributed by atoms with Gasteiger partial charge in [0.05, 0.1) is 12.0 Å². The van der Waals surface area contributed by atoms with E-state index in [1.807, 2.05) is 0 Å². The molecule has 1 atom stereocenters. The summed E-state index contributed by atoms with van der Waals surface area (Å²) in [5.74, 6) is -0.488. The molecule has 0 aromatic heterocycles. The van der Waals surface area contributed by atoms with Gasteiger partial charge in [-0.3, -0.25) is 4.79 Å². The normalized spacial score (nSPS) is 23.0. The molecule has 1 fully saturated rings. The first-order valence-corrected chi connectivity index (χ1v) is 5.93. The summed E-state index contributed by atoms with van der Waals surface area (Å²) in [5.41, 5.74) is -0.0801. The summed E-state index contributed by atoms with van der Waals surface area (Å²) >= 11 is 0. The molecule has 1 saturated heterocycles. The lowest BCUT2D eigenvalue weighted by atomic mass is 9.87. The van der Waals surface area contributed by atoms with Crippen molar-refractivity contribution in [2.75, 3.05) is 32.1 Å². The largest absolute Gasteiger partial charge is 0.384 e. The predicted octanol–water partition coefficient (Wildman–Crippen LogP) is 1.39. The number of carbonyl (C=O) groups is 1. The first kappa shape index (κ1) is 13.0. The van der Waals surface area contributed by atoms with E-state index in [1.165, 1.54) is 12.1 Å². The van der Waals surface area contributed by atoms with Gasteiger partial charge >= 0.3 is 0 Å². The third kappa shape index (κ3) is 2.68. The number of methoxy groups -OCH3 is 1. The van der Waals surface area contributed by atoms with Gasteiger partial charge in [0.1, 0.15) is 5.82 Å². The number of hydrogen-bond donors (Lipinski definition) is 2. The summed E-state index contributed by atoms with van der Waals surface area (Å²) in [7, 11) is 1.58. The van der Waals surface area contributed by atoms with Gasteiger partial charge in [0.2, 0.25) is 5.91 Å². The summed E-state index contributed by atoms with van der Waals surface area (Å²) in [6.45, 7) is 1.74. The van der Waals surface area contributed by atoms with Crippen LogP contribution in [0.15, 0.2) is 24.3 Å². The van der Waals surface area contributed by atoms with Crippen molar-refractivity contribution in [1.82, 2.24) is 5.32 Å². The highest BCUT2D eigenvalue weighted by atomic mass is 19.1. The first-order chi connectivity index (χ1) is 8.66. The molecule has 1 aromatic rings. The van der Waals surface area contributed by atoms with Crippen LogP contribution in [-0.4, -0.2) is 32.7 Å². The molecule has 2 rings (SSSR count). The van der Waals surface area contributed by atoms with Crippen molar-refractivity contribution < 1.29 is 13.9 Å². The molecule has 0 spiro atoms. The van der Waals surface area contributed by atoms with Crippen molar-refractivity contribution in [2.45, 2.75) is 6.42 Å². The predicted molar refractivity (Wildman–Crippen MR) is 66.8 cm³/mol. The van der Waals surface area contributed by atoms with Crippen molar-refractivity contribution in [2.24, 2.45) is 5.41 Å². The SMILES string of the molecule is COCC1(C(=O)Nc2cccc(F)c2)CCNC1. The number of benzene rings is 1. The number of nitrogens with one attached hydrogen (secondary N) is 2. The van der Waals surface area contributed by atoms with Gasteiger partial charge in [-0.15, -0.1) is 0 Å². The average molecular weight is 252 g/mol. The molecule has 5 heteroatoms. The van der Waals surface area contributed by atoms with Crippen LogP contribution < -0.4 is 10.6 Å². The Morgan fingerprint density at radius 3 is 3.06 bits per heavy atom. The molecular formula is C13H17FN2O2. The Bertz CT molecular complexity index is 431. The fraction of sp³-hybridized carbons (Fsp3) is 0.462. The van der Waals surface area contributed by atoms with Crippen LogP contribution >= 0.6 is 0 Å². The van der Waals surface area contributed by atoms with E-state index >= 15 is 0 Å². The van der Waals surface area contributed by atoms with Crippen LogP contribution in [0.25, 0.3) is 0 Å². The molecule has 2 N–H and O–H groups in total. The highest BCUT2D eigenvalue weighted by molar-refractivity contribution is 5.95. The van der Waals surface area contributed by atoms with E-state index in [0.29, 0.717) is 18.8 Å². The molecule has 0 saturated carbocycles. The second kappa shape index (κ2) is 5.46. The Hall–Kier alpha value is -1.46. The standard InChI is InChI=1S/C13H17FN2O2/c1-18-9-13(5-6-15-8-13)12(17)16-11-4-2-3-10(14)7-11/h2-4,7,15H,5-6,8-9H2,1H3,(H,16,17). The van der Waals surface area contributed by atoms with Gasteiger partial charge in [0.25, 0.3) is 0 Å². The fourth-order valence-corrected chi connectivity index (χ4v) is 2.23. The summed E-state index contributed by atoms with van der Waals surface area (Å²) < 4.78 is 18.2. The van der Waals surface area contributed by atoms with E-state index in [-0.39, 0.29) is 11.7 Å². The maximum Gasteiger partial charge on any atom is 0.234 e.